The summed E-state index contributed by atoms with van der Waals surface area (Å²) in [6.45, 7) is 3.87. The molecule has 2 heterocycles. The van der Waals surface area contributed by atoms with Crippen LogP contribution in [0.4, 0.5) is 16.2 Å². The number of benzene rings is 3. The van der Waals surface area contributed by atoms with Gasteiger partial charge in [0.05, 0.1) is 12.7 Å². The van der Waals surface area contributed by atoms with E-state index in [1.165, 1.54) is 0 Å². The van der Waals surface area contributed by atoms with Gasteiger partial charge in [-0.1, -0.05) is 23.7 Å². The summed E-state index contributed by atoms with van der Waals surface area (Å²) in [6.07, 6.45) is 0. The fourth-order valence-corrected chi connectivity index (χ4v) is 4.38. The number of halogens is 1. The van der Waals surface area contributed by atoms with Crippen LogP contribution in [0.25, 0.3) is 0 Å². The lowest BCUT2D eigenvalue weighted by molar-refractivity contribution is 0.145. The topological polar surface area (TPSA) is 66.4 Å². The van der Waals surface area contributed by atoms with Crippen LogP contribution in [0.1, 0.15) is 12.5 Å². The quantitative estimate of drug-likeness (QED) is 0.509. The second-order valence-corrected chi connectivity index (χ2v) is 8.73. The Morgan fingerprint density at radius 3 is 2.65 bits per heavy atom. The second-order valence-electron chi connectivity index (χ2n) is 8.29. The van der Waals surface area contributed by atoms with Gasteiger partial charge in [0.15, 0.2) is 5.75 Å². The SMILES string of the molecule is COc1ccc2c(c1)C(N1CCN(C(=O)Nc3ccc(Cl)cc3)C(C)C1)=Nc1ccccc1O2. The molecule has 1 fully saturated rings. The number of ether oxygens (including phenoxy) is 2. The number of hydrogen-bond donors (Lipinski definition) is 1. The van der Waals surface area contributed by atoms with Gasteiger partial charge in [0.1, 0.15) is 23.0 Å². The number of urea groups is 1. The molecule has 2 amide bonds. The Labute approximate surface area is 203 Å². The second kappa shape index (κ2) is 9.27. The average Bonchev–Trinajstić information content (AvgIpc) is 3.01. The molecule has 1 atom stereocenters. The number of amides is 2. The van der Waals surface area contributed by atoms with Crippen molar-refractivity contribution >= 4 is 34.8 Å². The molecule has 2 aliphatic heterocycles. The number of methoxy groups -OCH3 is 1. The molecule has 0 radical (unpaired) electrons. The van der Waals surface area contributed by atoms with Gasteiger partial charge in [-0.2, -0.15) is 0 Å². The molecule has 0 saturated carbocycles. The highest BCUT2D eigenvalue weighted by atomic mass is 35.5. The van der Waals surface area contributed by atoms with Gasteiger partial charge in [-0.15, -0.1) is 0 Å². The zero-order valence-electron chi connectivity index (χ0n) is 19.0. The molecule has 1 saturated heterocycles. The summed E-state index contributed by atoms with van der Waals surface area (Å²) in [6, 6.07) is 20.4. The van der Waals surface area contributed by atoms with E-state index in [9.17, 15) is 4.79 Å². The first kappa shape index (κ1) is 22.1. The van der Waals surface area contributed by atoms with Crippen LogP contribution in [-0.4, -0.2) is 54.5 Å². The first-order valence-electron chi connectivity index (χ1n) is 11.1. The first-order valence-corrected chi connectivity index (χ1v) is 11.5. The highest BCUT2D eigenvalue weighted by Crippen LogP contribution is 2.39. The van der Waals surface area contributed by atoms with Crippen molar-refractivity contribution < 1.29 is 14.3 Å². The zero-order chi connectivity index (χ0) is 23.7. The number of nitrogens with one attached hydrogen (secondary N) is 1. The van der Waals surface area contributed by atoms with Gasteiger partial charge in [-0.3, -0.25) is 0 Å². The lowest BCUT2D eigenvalue weighted by Crippen LogP contribution is -2.56. The first-order chi connectivity index (χ1) is 16.5. The predicted octanol–water partition coefficient (Wildman–Crippen LogP) is 5.77. The molecule has 0 aliphatic carbocycles. The minimum atomic E-state index is -0.131. The molecule has 1 N–H and O–H groups in total. The third-order valence-electron chi connectivity index (χ3n) is 6.02. The van der Waals surface area contributed by atoms with Crippen molar-refractivity contribution in [2.75, 3.05) is 32.1 Å². The highest BCUT2D eigenvalue weighted by molar-refractivity contribution is 6.30. The molecule has 0 aromatic heterocycles. The van der Waals surface area contributed by atoms with Crippen LogP contribution in [0.15, 0.2) is 71.7 Å². The molecule has 0 bridgehead atoms. The summed E-state index contributed by atoms with van der Waals surface area (Å²) in [5.41, 5.74) is 2.34. The van der Waals surface area contributed by atoms with Gasteiger partial charge in [-0.25, -0.2) is 9.79 Å². The van der Waals surface area contributed by atoms with Crippen LogP contribution in [0.3, 0.4) is 0 Å². The number of carbonyl (C=O) groups excluding carboxylic acids is 1. The van der Waals surface area contributed by atoms with E-state index in [1.807, 2.05) is 54.3 Å². The Morgan fingerprint density at radius 1 is 1.09 bits per heavy atom. The number of piperazine rings is 1. The molecule has 8 heteroatoms. The Kier molecular flexibility index (Phi) is 6.02. The molecule has 7 nitrogen and oxygen atoms in total. The van der Waals surface area contributed by atoms with Gasteiger partial charge >= 0.3 is 6.03 Å². The zero-order valence-corrected chi connectivity index (χ0v) is 19.7. The highest BCUT2D eigenvalue weighted by Gasteiger charge is 2.32. The summed E-state index contributed by atoms with van der Waals surface area (Å²) in [5, 5.41) is 3.59. The summed E-state index contributed by atoms with van der Waals surface area (Å²) in [5.74, 6) is 2.97. The minimum Gasteiger partial charge on any atom is -0.497 e. The minimum absolute atomic E-state index is 0.0303. The lowest BCUT2D eigenvalue weighted by Gasteiger charge is -2.41. The van der Waals surface area contributed by atoms with E-state index in [-0.39, 0.29) is 12.1 Å². The van der Waals surface area contributed by atoms with E-state index in [4.69, 9.17) is 26.1 Å². The van der Waals surface area contributed by atoms with E-state index >= 15 is 0 Å². The van der Waals surface area contributed by atoms with Crippen LogP contribution < -0.4 is 14.8 Å². The molecule has 3 aromatic rings. The van der Waals surface area contributed by atoms with Crippen molar-refractivity contribution in [2.24, 2.45) is 4.99 Å². The van der Waals surface area contributed by atoms with Crippen LogP contribution in [0, 0.1) is 0 Å². The third-order valence-corrected chi connectivity index (χ3v) is 6.27. The average molecular weight is 477 g/mol. The molecule has 5 rings (SSSR count). The number of fused-ring (bicyclic) bond motifs is 2. The number of amidine groups is 1. The van der Waals surface area contributed by atoms with Crippen LogP contribution >= 0.6 is 11.6 Å². The van der Waals surface area contributed by atoms with E-state index in [2.05, 4.69) is 10.2 Å². The van der Waals surface area contributed by atoms with E-state index in [1.54, 1.807) is 31.4 Å². The van der Waals surface area contributed by atoms with Crippen LogP contribution in [-0.2, 0) is 0 Å². The summed E-state index contributed by atoms with van der Waals surface area (Å²) in [7, 11) is 1.64. The van der Waals surface area contributed by atoms with E-state index in [0.717, 1.165) is 28.6 Å². The Hall–Kier alpha value is -3.71. The van der Waals surface area contributed by atoms with Crippen LogP contribution in [0.5, 0.6) is 17.2 Å². The number of para-hydroxylation sites is 2. The molecular formula is C26H25ClN4O3. The van der Waals surface area contributed by atoms with Crippen LogP contribution in [0.2, 0.25) is 5.02 Å². The molecule has 1 unspecified atom stereocenters. The Bertz CT molecular complexity index is 1250. The Balaban J connectivity index is 1.40. The van der Waals surface area contributed by atoms with Gasteiger partial charge in [0, 0.05) is 36.4 Å². The Morgan fingerprint density at radius 2 is 1.88 bits per heavy atom. The van der Waals surface area contributed by atoms with E-state index < -0.39 is 0 Å². The predicted molar refractivity (Wildman–Crippen MR) is 134 cm³/mol. The fraction of sp³-hybridized carbons (Fsp3) is 0.231. The van der Waals surface area contributed by atoms with Gasteiger partial charge in [-0.05, 0) is 61.5 Å². The maximum atomic E-state index is 12.9. The smallest absolute Gasteiger partial charge is 0.322 e. The maximum Gasteiger partial charge on any atom is 0.322 e. The number of carbonyl (C=O) groups is 1. The fourth-order valence-electron chi connectivity index (χ4n) is 4.25. The lowest BCUT2D eigenvalue weighted by atomic mass is 10.1. The summed E-state index contributed by atoms with van der Waals surface area (Å²) >= 11 is 5.95. The summed E-state index contributed by atoms with van der Waals surface area (Å²) in [4.78, 5) is 22.0. The van der Waals surface area contributed by atoms with Gasteiger partial charge in [0.25, 0.3) is 0 Å². The van der Waals surface area contributed by atoms with Gasteiger partial charge < -0.3 is 24.6 Å². The number of anilines is 1. The largest absolute Gasteiger partial charge is 0.497 e. The third kappa shape index (κ3) is 4.39. The van der Waals surface area contributed by atoms with Crippen molar-refractivity contribution in [3.63, 3.8) is 0 Å². The number of aliphatic imine (C=N–C) groups is 1. The molecule has 3 aromatic carbocycles. The van der Waals surface area contributed by atoms with Gasteiger partial charge in [0.2, 0.25) is 0 Å². The van der Waals surface area contributed by atoms with Crippen molar-refractivity contribution in [1.29, 1.82) is 0 Å². The molecule has 174 valence electrons. The number of hydrogen-bond acceptors (Lipinski definition) is 5. The molecule has 0 spiro atoms. The van der Waals surface area contributed by atoms with Crippen molar-refractivity contribution in [3.8, 4) is 17.2 Å². The summed E-state index contributed by atoms with van der Waals surface area (Å²) < 4.78 is 11.7. The van der Waals surface area contributed by atoms with Crippen molar-refractivity contribution in [1.82, 2.24) is 9.80 Å². The molecule has 34 heavy (non-hydrogen) atoms. The standard InChI is InChI=1S/C26H25ClN4O3/c1-17-16-30(13-14-31(17)26(32)28-19-9-7-18(27)8-10-19)25-21-15-20(33-2)11-12-23(21)34-24-6-4-3-5-22(24)29-25/h3-12,15,17H,13-14,16H2,1-2H3,(H,28,32). The van der Waals surface area contributed by atoms with E-state index in [0.29, 0.717) is 36.1 Å². The monoisotopic (exact) mass is 476 g/mol. The van der Waals surface area contributed by atoms with Crippen molar-refractivity contribution in [2.45, 2.75) is 13.0 Å². The van der Waals surface area contributed by atoms with Crippen molar-refractivity contribution in [3.05, 3.63) is 77.3 Å². The number of nitrogens with zero attached hydrogens (tertiary/aromatic N) is 3. The molecular weight excluding hydrogens is 452 g/mol. The normalized spacial score (nSPS) is 17.0. The maximum absolute atomic E-state index is 12.9. The number of rotatable bonds is 2. The molecule has 2 aliphatic rings.